The summed E-state index contributed by atoms with van der Waals surface area (Å²) in [4.78, 5) is 9.89. The standard InChI is InChI=1S/C41H78NO6P/c1-3-5-7-9-11-13-15-17-19-21-23-25-27-29-31-33-36-45-39-41(40-48-49(43,44)47-38-35-42)46-37-34-32-30-28-26-24-22-20-18-16-14-12-10-8-6-4-2/h11-14,17-20,41H,3-10,15-16,21-40,42H2,1-2H3,(H,43,44)/b13-11-,14-12-,19-17-,20-18-. The monoisotopic (exact) mass is 712 g/mol. The van der Waals surface area contributed by atoms with Gasteiger partial charge in [-0.15, -0.1) is 0 Å². The smallest absolute Gasteiger partial charge is 0.379 e. The highest BCUT2D eigenvalue weighted by molar-refractivity contribution is 7.47. The summed E-state index contributed by atoms with van der Waals surface area (Å²) in [6.45, 7) is 6.12. The van der Waals surface area contributed by atoms with Crippen LogP contribution >= 0.6 is 7.82 Å². The molecule has 0 amide bonds. The maximum atomic E-state index is 12.1. The first-order valence-corrected chi connectivity index (χ1v) is 21.7. The zero-order chi connectivity index (χ0) is 35.8. The molecule has 0 aliphatic heterocycles. The molecule has 0 saturated carbocycles. The predicted octanol–water partition coefficient (Wildman–Crippen LogP) is 12.1. The Labute approximate surface area is 303 Å². The van der Waals surface area contributed by atoms with E-state index in [1.54, 1.807) is 0 Å². The van der Waals surface area contributed by atoms with Crippen LogP contribution < -0.4 is 5.73 Å². The number of unbranched alkanes of at least 4 members (excludes halogenated alkanes) is 18. The van der Waals surface area contributed by atoms with E-state index in [9.17, 15) is 9.46 Å². The average molecular weight is 712 g/mol. The Kier molecular flexibility index (Phi) is 38.9. The van der Waals surface area contributed by atoms with E-state index in [-0.39, 0.29) is 19.8 Å². The van der Waals surface area contributed by atoms with Gasteiger partial charge >= 0.3 is 7.82 Å². The number of phosphoric ester groups is 1. The number of nitrogens with two attached hydrogens (primary N) is 1. The minimum Gasteiger partial charge on any atom is -0.379 e. The number of hydrogen-bond donors (Lipinski definition) is 2. The van der Waals surface area contributed by atoms with Crippen LogP contribution in [-0.4, -0.2) is 50.6 Å². The second-order valence-corrected chi connectivity index (χ2v) is 14.6. The fourth-order valence-corrected chi connectivity index (χ4v) is 6.04. The first-order chi connectivity index (χ1) is 24.1. The van der Waals surface area contributed by atoms with Crippen LogP contribution in [0.3, 0.4) is 0 Å². The minimum atomic E-state index is -4.15. The summed E-state index contributed by atoms with van der Waals surface area (Å²) < 4.78 is 34.0. The molecule has 8 heteroatoms. The second kappa shape index (κ2) is 39.7. The van der Waals surface area contributed by atoms with Gasteiger partial charge in [-0.2, -0.15) is 0 Å². The van der Waals surface area contributed by atoms with Gasteiger partial charge in [0.2, 0.25) is 0 Å². The van der Waals surface area contributed by atoms with Crippen molar-refractivity contribution in [3.8, 4) is 0 Å². The van der Waals surface area contributed by atoms with Gasteiger partial charge in [0.15, 0.2) is 0 Å². The Morgan fingerprint density at radius 2 is 0.959 bits per heavy atom. The number of allylic oxidation sites excluding steroid dienone is 8. The third-order valence-electron chi connectivity index (χ3n) is 8.29. The summed E-state index contributed by atoms with van der Waals surface area (Å²) in [5.41, 5.74) is 5.38. The van der Waals surface area contributed by atoms with Gasteiger partial charge < -0.3 is 20.1 Å². The molecular weight excluding hydrogens is 633 g/mol. The van der Waals surface area contributed by atoms with E-state index in [0.29, 0.717) is 19.8 Å². The minimum absolute atomic E-state index is 0.0316. The Morgan fingerprint density at radius 3 is 1.43 bits per heavy atom. The lowest BCUT2D eigenvalue weighted by Crippen LogP contribution is -2.26. The van der Waals surface area contributed by atoms with Crippen molar-refractivity contribution in [3.63, 3.8) is 0 Å². The second-order valence-electron chi connectivity index (χ2n) is 13.1. The van der Waals surface area contributed by atoms with Crippen LogP contribution in [0.5, 0.6) is 0 Å². The van der Waals surface area contributed by atoms with E-state index in [2.05, 4.69) is 62.5 Å². The average Bonchev–Trinajstić information content (AvgIpc) is 3.10. The van der Waals surface area contributed by atoms with Crippen LogP contribution in [0.25, 0.3) is 0 Å². The molecule has 0 saturated heterocycles. The predicted molar refractivity (Wildman–Crippen MR) is 210 cm³/mol. The molecule has 0 aromatic carbocycles. The lowest BCUT2D eigenvalue weighted by molar-refractivity contribution is -0.0443. The Hall–Kier alpha value is -1.05. The molecule has 7 nitrogen and oxygen atoms in total. The molecule has 0 aliphatic carbocycles. The highest BCUT2D eigenvalue weighted by Crippen LogP contribution is 2.43. The van der Waals surface area contributed by atoms with Gasteiger partial charge in [0.05, 0.1) is 19.8 Å². The van der Waals surface area contributed by atoms with Crippen molar-refractivity contribution in [2.75, 3.05) is 39.6 Å². The summed E-state index contributed by atoms with van der Waals surface area (Å²) >= 11 is 0. The van der Waals surface area contributed by atoms with Crippen LogP contribution in [0.1, 0.15) is 168 Å². The third kappa shape index (κ3) is 39.6. The van der Waals surface area contributed by atoms with Crippen molar-refractivity contribution in [2.45, 2.75) is 174 Å². The molecule has 288 valence electrons. The largest absolute Gasteiger partial charge is 0.472 e. The molecule has 0 spiro atoms. The Bertz CT molecular complexity index is 831. The fraction of sp³-hybridized carbons (Fsp3) is 0.805. The molecule has 0 rings (SSSR count). The molecule has 0 bridgehead atoms. The molecule has 0 radical (unpaired) electrons. The van der Waals surface area contributed by atoms with Gasteiger partial charge in [0.1, 0.15) is 6.10 Å². The van der Waals surface area contributed by atoms with E-state index in [1.165, 1.54) is 109 Å². The zero-order valence-corrected chi connectivity index (χ0v) is 32.8. The molecular formula is C41H78NO6P. The van der Waals surface area contributed by atoms with Gasteiger partial charge in [-0.25, -0.2) is 4.57 Å². The van der Waals surface area contributed by atoms with Crippen LogP contribution in [0.15, 0.2) is 48.6 Å². The lowest BCUT2D eigenvalue weighted by atomic mass is 10.1. The normalized spacial score (nSPS) is 14.3. The van der Waals surface area contributed by atoms with Gasteiger partial charge in [-0.1, -0.05) is 140 Å². The van der Waals surface area contributed by atoms with E-state index in [4.69, 9.17) is 24.3 Å². The molecule has 3 N–H and O–H groups in total. The molecule has 0 aromatic rings. The van der Waals surface area contributed by atoms with Gasteiger partial charge in [-0.3, -0.25) is 9.05 Å². The number of ether oxygens (including phenoxy) is 2. The van der Waals surface area contributed by atoms with Crippen molar-refractivity contribution >= 4 is 7.82 Å². The van der Waals surface area contributed by atoms with Gasteiger partial charge in [-0.05, 0) is 77.0 Å². The highest BCUT2D eigenvalue weighted by atomic mass is 31.2. The van der Waals surface area contributed by atoms with Crippen molar-refractivity contribution in [1.82, 2.24) is 0 Å². The first kappa shape index (κ1) is 48.0. The topological polar surface area (TPSA) is 100 Å². The van der Waals surface area contributed by atoms with E-state index in [1.807, 2.05) is 0 Å². The summed E-state index contributed by atoms with van der Waals surface area (Å²) in [6.07, 6.45) is 46.9. The first-order valence-electron chi connectivity index (χ1n) is 20.2. The molecule has 0 fully saturated rings. The van der Waals surface area contributed by atoms with Gasteiger partial charge in [0, 0.05) is 19.8 Å². The summed E-state index contributed by atoms with van der Waals surface area (Å²) in [5.74, 6) is 0. The van der Waals surface area contributed by atoms with E-state index in [0.717, 1.165) is 44.9 Å². The number of hydrogen-bond acceptors (Lipinski definition) is 6. The summed E-state index contributed by atoms with van der Waals surface area (Å²) in [5, 5.41) is 0. The third-order valence-corrected chi connectivity index (χ3v) is 9.27. The quantitative estimate of drug-likeness (QED) is 0.0372. The van der Waals surface area contributed by atoms with Crippen LogP contribution in [0, 0.1) is 0 Å². The molecule has 2 unspecified atom stereocenters. The SMILES string of the molecule is CCCCC/C=C\C/C=C\CCCCCCCCOCC(COP(=O)(O)OCCN)OCCCCCCCC/C=C\C/C=C\CCCCC. The van der Waals surface area contributed by atoms with Crippen molar-refractivity contribution in [1.29, 1.82) is 0 Å². The number of phosphoric acid groups is 1. The number of rotatable bonds is 39. The molecule has 2 atom stereocenters. The van der Waals surface area contributed by atoms with Crippen LogP contribution in [0.4, 0.5) is 0 Å². The lowest BCUT2D eigenvalue weighted by Gasteiger charge is -2.20. The van der Waals surface area contributed by atoms with Crippen molar-refractivity contribution in [2.24, 2.45) is 5.73 Å². The Morgan fingerprint density at radius 1 is 0.531 bits per heavy atom. The Balaban J connectivity index is 3.98. The van der Waals surface area contributed by atoms with Crippen LogP contribution in [0.2, 0.25) is 0 Å². The maximum absolute atomic E-state index is 12.1. The molecule has 0 aromatic heterocycles. The molecule has 49 heavy (non-hydrogen) atoms. The summed E-state index contributed by atoms with van der Waals surface area (Å²) in [7, 11) is -4.15. The van der Waals surface area contributed by atoms with Gasteiger partial charge in [0.25, 0.3) is 0 Å². The molecule has 0 heterocycles. The zero-order valence-electron chi connectivity index (χ0n) is 31.9. The highest BCUT2D eigenvalue weighted by Gasteiger charge is 2.23. The fourth-order valence-electron chi connectivity index (χ4n) is 5.27. The van der Waals surface area contributed by atoms with E-state index < -0.39 is 13.9 Å². The maximum Gasteiger partial charge on any atom is 0.472 e. The molecule has 0 aliphatic rings. The van der Waals surface area contributed by atoms with Crippen LogP contribution in [-0.2, 0) is 23.1 Å². The van der Waals surface area contributed by atoms with E-state index >= 15 is 0 Å². The summed E-state index contributed by atoms with van der Waals surface area (Å²) in [6, 6.07) is 0. The van der Waals surface area contributed by atoms with Crippen molar-refractivity contribution in [3.05, 3.63) is 48.6 Å². The van der Waals surface area contributed by atoms with Crippen molar-refractivity contribution < 1.29 is 28.0 Å².